The Hall–Kier alpha value is -2.09. The average Bonchev–Trinajstić information content (AvgIpc) is 2.23. The van der Waals surface area contributed by atoms with Crippen LogP contribution in [0.2, 0.25) is 0 Å². The summed E-state index contributed by atoms with van der Waals surface area (Å²) in [5.74, 6) is -0.146. The van der Waals surface area contributed by atoms with E-state index in [-0.39, 0.29) is 5.91 Å². The number of carbonyl (C=O) groups excluding carboxylic acids is 1. The monoisotopic (exact) mass is 229 g/mol. The molecule has 0 rings (SSSR count). The Balaban J connectivity index is 4.75. The quantitative estimate of drug-likeness (QED) is 0.694. The highest BCUT2D eigenvalue weighted by Gasteiger charge is 1.98. The number of amides is 1. The van der Waals surface area contributed by atoms with Crippen LogP contribution < -0.4 is 5.32 Å². The van der Waals surface area contributed by atoms with Crippen LogP contribution in [-0.4, -0.2) is 5.91 Å². The summed E-state index contributed by atoms with van der Waals surface area (Å²) < 4.78 is 0. The number of allylic oxidation sites excluding steroid dienone is 7. The molecule has 0 aromatic rings. The first-order valence-electron chi connectivity index (χ1n) is 5.20. The van der Waals surface area contributed by atoms with Gasteiger partial charge >= 0.3 is 0 Å². The van der Waals surface area contributed by atoms with Gasteiger partial charge in [0.2, 0.25) is 5.91 Å². The van der Waals surface area contributed by atoms with Gasteiger partial charge < -0.3 is 5.32 Å². The Bertz CT molecular complexity index is 422. The standard InChI is InChI=1S/C15H19NO/c1-7-15(16-14(6)17)10-13(5)12(4)9-8-11(2)3/h7-10H,1-2,4-5H2,3,6H3,(H,16,17)/b9-8-,15-10+. The highest BCUT2D eigenvalue weighted by Crippen LogP contribution is 2.11. The first-order chi connectivity index (χ1) is 7.86. The molecule has 2 heteroatoms. The second kappa shape index (κ2) is 7.23. The van der Waals surface area contributed by atoms with E-state index in [1.807, 2.05) is 19.1 Å². The van der Waals surface area contributed by atoms with Crippen molar-refractivity contribution < 1.29 is 4.79 Å². The molecule has 0 radical (unpaired) electrons. The zero-order valence-electron chi connectivity index (χ0n) is 10.5. The number of carbonyl (C=O) groups is 1. The molecule has 0 bridgehead atoms. The Kier molecular flexibility index (Phi) is 6.34. The summed E-state index contributed by atoms with van der Waals surface area (Å²) in [6.45, 7) is 18.5. The van der Waals surface area contributed by atoms with Crippen molar-refractivity contribution in [2.24, 2.45) is 0 Å². The minimum Gasteiger partial charge on any atom is -0.326 e. The zero-order chi connectivity index (χ0) is 13.4. The van der Waals surface area contributed by atoms with E-state index in [1.54, 1.807) is 12.2 Å². The van der Waals surface area contributed by atoms with Gasteiger partial charge in [0, 0.05) is 12.6 Å². The molecule has 2 nitrogen and oxygen atoms in total. The maximum Gasteiger partial charge on any atom is 0.221 e. The normalized spacial score (nSPS) is 11.1. The van der Waals surface area contributed by atoms with Crippen molar-refractivity contribution in [3.8, 4) is 0 Å². The van der Waals surface area contributed by atoms with Crippen LogP contribution in [0.3, 0.4) is 0 Å². The molecule has 0 aliphatic rings. The summed E-state index contributed by atoms with van der Waals surface area (Å²) in [6.07, 6.45) is 6.96. The molecule has 0 saturated heterocycles. The number of nitrogens with one attached hydrogen (secondary N) is 1. The van der Waals surface area contributed by atoms with Crippen molar-refractivity contribution in [2.45, 2.75) is 13.8 Å². The molecule has 90 valence electrons. The van der Waals surface area contributed by atoms with Crippen molar-refractivity contribution in [3.63, 3.8) is 0 Å². The third-order valence-corrected chi connectivity index (χ3v) is 1.85. The molecule has 17 heavy (non-hydrogen) atoms. The van der Waals surface area contributed by atoms with Crippen molar-refractivity contribution in [2.75, 3.05) is 0 Å². The van der Waals surface area contributed by atoms with Crippen molar-refractivity contribution >= 4 is 5.91 Å². The molecule has 0 aromatic carbocycles. The Labute approximate surface area is 103 Å². The summed E-state index contributed by atoms with van der Waals surface area (Å²) in [7, 11) is 0. The largest absolute Gasteiger partial charge is 0.326 e. The summed E-state index contributed by atoms with van der Waals surface area (Å²) in [5.41, 5.74) is 3.02. The number of rotatable bonds is 6. The lowest BCUT2D eigenvalue weighted by Crippen LogP contribution is -2.17. The lowest BCUT2D eigenvalue weighted by Gasteiger charge is -2.05. The third kappa shape index (κ3) is 6.90. The van der Waals surface area contributed by atoms with E-state index >= 15 is 0 Å². The molecule has 0 aliphatic carbocycles. The van der Waals surface area contributed by atoms with Gasteiger partial charge in [-0.15, -0.1) is 0 Å². The van der Waals surface area contributed by atoms with E-state index in [0.717, 1.165) is 11.1 Å². The smallest absolute Gasteiger partial charge is 0.221 e. The summed E-state index contributed by atoms with van der Waals surface area (Å²) in [4.78, 5) is 10.9. The SMILES string of the molecule is C=C/C(=C\C(=C)C(=C)/C=C\C(=C)C)NC(C)=O. The lowest BCUT2D eigenvalue weighted by atomic mass is 10.1. The van der Waals surface area contributed by atoms with Crippen LogP contribution in [0.15, 0.2) is 73.0 Å². The van der Waals surface area contributed by atoms with Gasteiger partial charge in [0.15, 0.2) is 0 Å². The highest BCUT2D eigenvalue weighted by atomic mass is 16.1. The molecular weight excluding hydrogens is 210 g/mol. The summed E-state index contributed by atoms with van der Waals surface area (Å²) >= 11 is 0. The number of hydrogen-bond donors (Lipinski definition) is 1. The highest BCUT2D eigenvalue weighted by molar-refractivity contribution is 5.75. The minimum absolute atomic E-state index is 0.146. The van der Waals surface area contributed by atoms with Gasteiger partial charge in [-0.25, -0.2) is 0 Å². The predicted molar refractivity (Wildman–Crippen MR) is 74.3 cm³/mol. The maximum atomic E-state index is 10.9. The molecule has 0 spiro atoms. The molecule has 0 aliphatic heterocycles. The van der Waals surface area contributed by atoms with E-state index in [0.29, 0.717) is 11.3 Å². The Morgan fingerprint density at radius 2 is 1.65 bits per heavy atom. The second-order valence-corrected chi connectivity index (χ2v) is 3.72. The van der Waals surface area contributed by atoms with E-state index in [2.05, 4.69) is 31.6 Å². The van der Waals surface area contributed by atoms with Gasteiger partial charge in [0.1, 0.15) is 0 Å². The van der Waals surface area contributed by atoms with E-state index in [1.165, 1.54) is 6.92 Å². The van der Waals surface area contributed by atoms with Crippen molar-refractivity contribution in [1.82, 2.24) is 5.32 Å². The molecular formula is C15H19NO. The Morgan fingerprint density at radius 3 is 2.06 bits per heavy atom. The molecule has 0 aromatic heterocycles. The third-order valence-electron chi connectivity index (χ3n) is 1.85. The molecule has 0 saturated carbocycles. The van der Waals surface area contributed by atoms with Crippen LogP contribution in [0, 0.1) is 0 Å². The second-order valence-electron chi connectivity index (χ2n) is 3.72. The van der Waals surface area contributed by atoms with Gasteiger partial charge in [-0.1, -0.05) is 44.0 Å². The molecule has 1 amide bonds. The van der Waals surface area contributed by atoms with Crippen molar-refractivity contribution in [1.29, 1.82) is 0 Å². The van der Waals surface area contributed by atoms with E-state index < -0.39 is 0 Å². The van der Waals surface area contributed by atoms with Gasteiger partial charge in [-0.2, -0.15) is 0 Å². The summed E-state index contributed by atoms with van der Waals surface area (Å²) in [6, 6.07) is 0. The van der Waals surface area contributed by atoms with Crippen LogP contribution >= 0.6 is 0 Å². The van der Waals surface area contributed by atoms with E-state index in [9.17, 15) is 4.79 Å². The first-order valence-corrected chi connectivity index (χ1v) is 5.20. The molecule has 0 unspecified atom stereocenters. The fourth-order valence-electron chi connectivity index (χ4n) is 0.980. The summed E-state index contributed by atoms with van der Waals surface area (Å²) in [5, 5.41) is 2.64. The van der Waals surface area contributed by atoms with E-state index in [4.69, 9.17) is 0 Å². The van der Waals surface area contributed by atoms with Crippen LogP contribution in [0.25, 0.3) is 0 Å². The van der Waals surface area contributed by atoms with Crippen LogP contribution in [0.1, 0.15) is 13.8 Å². The van der Waals surface area contributed by atoms with Gasteiger partial charge in [0.25, 0.3) is 0 Å². The fourth-order valence-corrected chi connectivity index (χ4v) is 0.980. The average molecular weight is 229 g/mol. The lowest BCUT2D eigenvalue weighted by molar-refractivity contribution is -0.118. The first kappa shape index (κ1) is 14.9. The molecule has 0 fully saturated rings. The molecule has 0 heterocycles. The van der Waals surface area contributed by atoms with Crippen LogP contribution in [-0.2, 0) is 4.79 Å². The zero-order valence-corrected chi connectivity index (χ0v) is 10.5. The van der Waals surface area contributed by atoms with Gasteiger partial charge in [-0.3, -0.25) is 4.79 Å². The van der Waals surface area contributed by atoms with Crippen LogP contribution in [0.4, 0.5) is 0 Å². The van der Waals surface area contributed by atoms with Crippen LogP contribution in [0.5, 0.6) is 0 Å². The number of hydrogen-bond acceptors (Lipinski definition) is 1. The topological polar surface area (TPSA) is 29.1 Å². The Morgan fingerprint density at radius 1 is 1.06 bits per heavy atom. The predicted octanol–water partition coefficient (Wildman–Crippen LogP) is 3.44. The molecule has 0 atom stereocenters. The minimum atomic E-state index is -0.146. The van der Waals surface area contributed by atoms with Crippen molar-refractivity contribution in [3.05, 3.63) is 73.0 Å². The van der Waals surface area contributed by atoms with Gasteiger partial charge in [0.05, 0.1) is 0 Å². The van der Waals surface area contributed by atoms with Gasteiger partial charge in [-0.05, 0) is 30.2 Å². The maximum absolute atomic E-state index is 10.9. The molecule has 1 N–H and O–H groups in total. The fraction of sp³-hybridized carbons (Fsp3) is 0.133.